The molecule has 1 atom stereocenters. The van der Waals surface area contributed by atoms with E-state index in [4.69, 9.17) is 10.5 Å². The van der Waals surface area contributed by atoms with E-state index in [1.807, 2.05) is 18.2 Å². The molecule has 1 unspecified atom stereocenters. The van der Waals surface area contributed by atoms with Gasteiger partial charge in [-0.1, -0.05) is 6.92 Å². The standard InChI is InChI=1S/C10H14INO/c1-3-7(2)13-10-5-4-8(12)6-9(10)11/h4-7H,3,12H2,1-2H3. The predicted molar refractivity (Wildman–Crippen MR) is 64.0 cm³/mol. The molecule has 0 saturated heterocycles. The molecule has 0 fully saturated rings. The number of ether oxygens (including phenoxy) is 1. The van der Waals surface area contributed by atoms with Crippen LogP contribution < -0.4 is 10.5 Å². The van der Waals surface area contributed by atoms with Gasteiger partial charge < -0.3 is 10.5 Å². The first kappa shape index (κ1) is 10.6. The number of nitrogen functional groups attached to an aromatic ring is 1. The van der Waals surface area contributed by atoms with Crippen molar-refractivity contribution in [1.82, 2.24) is 0 Å². The van der Waals surface area contributed by atoms with Gasteiger partial charge in [-0.15, -0.1) is 0 Å². The molecule has 0 aromatic heterocycles. The number of rotatable bonds is 3. The summed E-state index contributed by atoms with van der Waals surface area (Å²) in [6.45, 7) is 4.17. The summed E-state index contributed by atoms with van der Waals surface area (Å²) in [5, 5.41) is 0. The minimum Gasteiger partial charge on any atom is -0.490 e. The van der Waals surface area contributed by atoms with Crippen molar-refractivity contribution >= 4 is 28.3 Å². The number of benzene rings is 1. The minimum absolute atomic E-state index is 0.261. The molecule has 2 N–H and O–H groups in total. The Balaban J connectivity index is 2.77. The summed E-state index contributed by atoms with van der Waals surface area (Å²) in [6, 6.07) is 5.70. The number of hydrogen-bond donors (Lipinski definition) is 1. The first-order valence-corrected chi connectivity index (χ1v) is 5.43. The Morgan fingerprint density at radius 2 is 2.23 bits per heavy atom. The smallest absolute Gasteiger partial charge is 0.133 e. The van der Waals surface area contributed by atoms with Gasteiger partial charge in [0.15, 0.2) is 0 Å². The summed E-state index contributed by atoms with van der Waals surface area (Å²) in [7, 11) is 0. The molecule has 0 amide bonds. The van der Waals surface area contributed by atoms with Crippen LogP contribution in [0.4, 0.5) is 5.69 Å². The maximum atomic E-state index is 5.69. The first-order valence-electron chi connectivity index (χ1n) is 4.35. The highest BCUT2D eigenvalue weighted by Crippen LogP contribution is 2.24. The molecule has 0 bridgehead atoms. The Kier molecular flexibility index (Phi) is 3.84. The average molecular weight is 291 g/mol. The SMILES string of the molecule is CCC(C)Oc1ccc(N)cc1I. The van der Waals surface area contributed by atoms with Gasteiger partial charge in [0.1, 0.15) is 5.75 Å². The van der Waals surface area contributed by atoms with Gasteiger partial charge in [0.05, 0.1) is 9.67 Å². The second kappa shape index (κ2) is 4.69. The zero-order valence-corrected chi connectivity index (χ0v) is 10.0. The molecule has 2 nitrogen and oxygen atoms in total. The van der Waals surface area contributed by atoms with Gasteiger partial charge in [0.25, 0.3) is 0 Å². The number of anilines is 1. The monoisotopic (exact) mass is 291 g/mol. The molecule has 1 rings (SSSR count). The Morgan fingerprint density at radius 1 is 1.54 bits per heavy atom. The zero-order valence-electron chi connectivity index (χ0n) is 7.88. The molecule has 1 aromatic rings. The van der Waals surface area contributed by atoms with Crippen molar-refractivity contribution in [3.8, 4) is 5.75 Å². The lowest BCUT2D eigenvalue weighted by atomic mass is 10.3. The van der Waals surface area contributed by atoms with E-state index in [2.05, 4.69) is 36.4 Å². The normalized spacial score (nSPS) is 12.5. The second-order valence-corrected chi connectivity index (χ2v) is 4.19. The summed E-state index contributed by atoms with van der Waals surface area (Å²) < 4.78 is 6.75. The number of hydrogen-bond acceptors (Lipinski definition) is 2. The fourth-order valence-corrected chi connectivity index (χ4v) is 1.58. The van der Waals surface area contributed by atoms with Crippen LogP contribution in [0.2, 0.25) is 0 Å². The van der Waals surface area contributed by atoms with Crippen molar-refractivity contribution in [2.75, 3.05) is 5.73 Å². The van der Waals surface area contributed by atoms with Crippen LogP contribution in [0.15, 0.2) is 18.2 Å². The van der Waals surface area contributed by atoms with Crippen LogP contribution in [0.5, 0.6) is 5.75 Å². The molecule has 0 radical (unpaired) electrons. The lowest BCUT2D eigenvalue weighted by Gasteiger charge is -2.13. The van der Waals surface area contributed by atoms with Crippen LogP contribution in [-0.4, -0.2) is 6.10 Å². The molecule has 72 valence electrons. The van der Waals surface area contributed by atoms with Crippen molar-refractivity contribution < 1.29 is 4.74 Å². The van der Waals surface area contributed by atoms with E-state index < -0.39 is 0 Å². The lowest BCUT2D eigenvalue weighted by Crippen LogP contribution is -2.10. The highest BCUT2D eigenvalue weighted by Gasteiger charge is 2.04. The van der Waals surface area contributed by atoms with E-state index in [9.17, 15) is 0 Å². The van der Waals surface area contributed by atoms with E-state index in [-0.39, 0.29) is 6.10 Å². The van der Waals surface area contributed by atoms with Gasteiger partial charge in [0.2, 0.25) is 0 Å². The molecule has 0 heterocycles. The maximum Gasteiger partial charge on any atom is 0.133 e. The molecule has 0 aliphatic heterocycles. The molecule has 13 heavy (non-hydrogen) atoms. The zero-order chi connectivity index (χ0) is 9.84. The Hall–Kier alpha value is -0.450. The van der Waals surface area contributed by atoms with Gasteiger partial charge >= 0.3 is 0 Å². The Bertz CT molecular complexity index is 288. The maximum absolute atomic E-state index is 5.69. The Labute approximate surface area is 92.6 Å². The van der Waals surface area contributed by atoms with E-state index in [1.165, 1.54) is 0 Å². The molecular weight excluding hydrogens is 277 g/mol. The van der Waals surface area contributed by atoms with E-state index >= 15 is 0 Å². The Morgan fingerprint density at radius 3 is 2.77 bits per heavy atom. The van der Waals surface area contributed by atoms with Gasteiger partial charge in [-0.3, -0.25) is 0 Å². The van der Waals surface area contributed by atoms with Gasteiger partial charge in [-0.2, -0.15) is 0 Å². The van der Waals surface area contributed by atoms with Crippen molar-refractivity contribution in [3.05, 3.63) is 21.8 Å². The first-order chi connectivity index (χ1) is 6.13. The molecule has 0 aliphatic rings. The fraction of sp³-hybridized carbons (Fsp3) is 0.400. The van der Waals surface area contributed by atoms with Crippen molar-refractivity contribution in [2.45, 2.75) is 26.4 Å². The van der Waals surface area contributed by atoms with Crippen LogP contribution in [-0.2, 0) is 0 Å². The van der Waals surface area contributed by atoms with Crippen LogP contribution in [0, 0.1) is 3.57 Å². The fourth-order valence-electron chi connectivity index (χ4n) is 0.913. The van der Waals surface area contributed by atoms with Gasteiger partial charge in [-0.25, -0.2) is 0 Å². The van der Waals surface area contributed by atoms with Crippen LogP contribution in [0.3, 0.4) is 0 Å². The average Bonchev–Trinajstić information content (AvgIpc) is 2.09. The summed E-state index contributed by atoms with van der Waals surface area (Å²) in [6.07, 6.45) is 1.28. The van der Waals surface area contributed by atoms with Gasteiger partial charge in [0, 0.05) is 5.69 Å². The highest BCUT2D eigenvalue weighted by atomic mass is 127. The lowest BCUT2D eigenvalue weighted by molar-refractivity contribution is 0.216. The van der Waals surface area contributed by atoms with Crippen molar-refractivity contribution in [3.63, 3.8) is 0 Å². The molecule has 0 aliphatic carbocycles. The predicted octanol–water partition coefficient (Wildman–Crippen LogP) is 3.05. The minimum atomic E-state index is 0.261. The topological polar surface area (TPSA) is 35.2 Å². The summed E-state index contributed by atoms with van der Waals surface area (Å²) in [4.78, 5) is 0. The van der Waals surface area contributed by atoms with Crippen molar-refractivity contribution in [1.29, 1.82) is 0 Å². The third kappa shape index (κ3) is 3.06. The van der Waals surface area contributed by atoms with E-state index in [0.29, 0.717) is 0 Å². The van der Waals surface area contributed by atoms with Crippen LogP contribution in [0.25, 0.3) is 0 Å². The van der Waals surface area contributed by atoms with Crippen LogP contribution in [0.1, 0.15) is 20.3 Å². The molecule has 0 spiro atoms. The quantitative estimate of drug-likeness (QED) is 0.686. The number of halogens is 1. The molecule has 1 aromatic carbocycles. The van der Waals surface area contributed by atoms with E-state index in [0.717, 1.165) is 21.4 Å². The largest absolute Gasteiger partial charge is 0.490 e. The summed E-state index contributed by atoms with van der Waals surface area (Å²) in [5.74, 6) is 0.921. The molecular formula is C10H14INO. The third-order valence-electron chi connectivity index (χ3n) is 1.86. The molecule has 3 heteroatoms. The third-order valence-corrected chi connectivity index (χ3v) is 2.70. The van der Waals surface area contributed by atoms with Gasteiger partial charge in [-0.05, 0) is 54.1 Å². The summed E-state index contributed by atoms with van der Waals surface area (Å²) in [5.41, 5.74) is 6.41. The molecule has 0 saturated carbocycles. The van der Waals surface area contributed by atoms with E-state index in [1.54, 1.807) is 0 Å². The summed E-state index contributed by atoms with van der Waals surface area (Å²) >= 11 is 2.23. The highest BCUT2D eigenvalue weighted by molar-refractivity contribution is 14.1. The number of nitrogens with two attached hydrogens (primary N) is 1. The second-order valence-electron chi connectivity index (χ2n) is 3.03. The van der Waals surface area contributed by atoms with Crippen molar-refractivity contribution in [2.24, 2.45) is 0 Å². The van der Waals surface area contributed by atoms with Crippen LogP contribution >= 0.6 is 22.6 Å².